The summed E-state index contributed by atoms with van der Waals surface area (Å²) in [5, 5.41) is 0. The normalized spacial score (nSPS) is 12.4. The molecule has 1 atom stereocenters. The predicted octanol–water partition coefficient (Wildman–Crippen LogP) is 2.37. The van der Waals surface area contributed by atoms with Gasteiger partial charge in [0.05, 0.1) is 6.61 Å². The van der Waals surface area contributed by atoms with Gasteiger partial charge < -0.3 is 15.0 Å². The molecule has 1 aromatic heterocycles. The smallest absolute Gasteiger partial charge is 0.124 e. The fourth-order valence-electron chi connectivity index (χ4n) is 2.03. The fourth-order valence-corrected chi connectivity index (χ4v) is 2.03. The van der Waals surface area contributed by atoms with Crippen LogP contribution in [0.15, 0.2) is 30.6 Å². The average Bonchev–Trinajstić information content (AvgIpc) is 2.75. The fraction of sp³-hybridized carbons (Fsp3) is 0.400. The molecule has 1 unspecified atom stereocenters. The molecule has 0 aliphatic carbocycles. The molecule has 1 heterocycles. The zero-order valence-corrected chi connectivity index (χ0v) is 11.8. The van der Waals surface area contributed by atoms with E-state index in [0.29, 0.717) is 6.61 Å². The topological polar surface area (TPSA) is 53.1 Å². The number of nitrogens with two attached hydrogens (primary N) is 1. The van der Waals surface area contributed by atoms with Gasteiger partial charge in [-0.3, -0.25) is 0 Å². The Bertz CT molecular complexity index is 546. The summed E-state index contributed by atoms with van der Waals surface area (Å²) >= 11 is 0. The summed E-state index contributed by atoms with van der Waals surface area (Å²) in [7, 11) is 1.99. The van der Waals surface area contributed by atoms with Crippen molar-refractivity contribution in [3.8, 4) is 5.75 Å². The Hall–Kier alpha value is -1.81. The summed E-state index contributed by atoms with van der Waals surface area (Å²) in [5.41, 5.74) is 8.18. The van der Waals surface area contributed by atoms with Crippen molar-refractivity contribution in [2.24, 2.45) is 12.8 Å². The number of imidazole rings is 1. The first-order valence-electron chi connectivity index (χ1n) is 6.53. The molecular formula is C15H21N3O. The van der Waals surface area contributed by atoms with Gasteiger partial charge in [-0.1, -0.05) is 12.1 Å². The minimum Gasteiger partial charge on any atom is -0.493 e. The van der Waals surface area contributed by atoms with Crippen LogP contribution in [0.25, 0.3) is 0 Å². The van der Waals surface area contributed by atoms with Gasteiger partial charge in [-0.05, 0) is 25.5 Å². The van der Waals surface area contributed by atoms with Crippen molar-refractivity contribution in [1.29, 1.82) is 0 Å². The molecule has 4 nitrogen and oxygen atoms in total. The highest BCUT2D eigenvalue weighted by atomic mass is 16.5. The predicted molar refractivity (Wildman–Crippen MR) is 76.2 cm³/mol. The molecule has 0 aliphatic heterocycles. The van der Waals surface area contributed by atoms with E-state index in [9.17, 15) is 0 Å². The maximum absolute atomic E-state index is 5.96. The second-order valence-corrected chi connectivity index (χ2v) is 4.88. The first kappa shape index (κ1) is 13.6. The summed E-state index contributed by atoms with van der Waals surface area (Å²) in [6.45, 7) is 4.63. The molecular weight excluding hydrogens is 238 g/mol. The van der Waals surface area contributed by atoms with Gasteiger partial charge in [0.25, 0.3) is 0 Å². The van der Waals surface area contributed by atoms with Gasteiger partial charge in [0, 0.05) is 37.5 Å². The zero-order chi connectivity index (χ0) is 13.8. The van der Waals surface area contributed by atoms with Crippen LogP contribution in [-0.2, 0) is 13.5 Å². The van der Waals surface area contributed by atoms with Gasteiger partial charge in [0.15, 0.2) is 0 Å². The summed E-state index contributed by atoms with van der Waals surface area (Å²) in [6.07, 6.45) is 4.53. The minimum atomic E-state index is -0.0243. The quantitative estimate of drug-likeness (QED) is 0.897. The van der Waals surface area contributed by atoms with Crippen molar-refractivity contribution in [3.63, 3.8) is 0 Å². The van der Waals surface area contributed by atoms with E-state index in [1.54, 1.807) is 6.20 Å². The Balaban J connectivity index is 2.03. The van der Waals surface area contributed by atoms with E-state index in [2.05, 4.69) is 18.0 Å². The van der Waals surface area contributed by atoms with Crippen molar-refractivity contribution < 1.29 is 4.74 Å². The first-order valence-corrected chi connectivity index (χ1v) is 6.53. The average molecular weight is 259 g/mol. The lowest BCUT2D eigenvalue weighted by atomic mass is 10.1. The van der Waals surface area contributed by atoms with Gasteiger partial charge in [0.1, 0.15) is 11.6 Å². The Morgan fingerprint density at radius 3 is 2.84 bits per heavy atom. The maximum Gasteiger partial charge on any atom is 0.124 e. The second-order valence-electron chi connectivity index (χ2n) is 4.88. The molecule has 102 valence electrons. The Labute approximate surface area is 114 Å². The molecule has 0 fully saturated rings. The van der Waals surface area contributed by atoms with Crippen molar-refractivity contribution in [2.75, 3.05) is 6.61 Å². The Morgan fingerprint density at radius 2 is 2.21 bits per heavy atom. The van der Waals surface area contributed by atoms with E-state index >= 15 is 0 Å². The van der Waals surface area contributed by atoms with Gasteiger partial charge in [0.2, 0.25) is 0 Å². The van der Waals surface area contributed by atoms with Crippen LogP contribution in [0.2, 0.25) is 0 Å². The second kappa shape index (κ2) is 5.89. The van der Waals surface area contributed by atoms with Crippen LogP contribution in [0, 0.1) is 6.92 Å². The molecule has 0 aliphatic rings. The van der Waals surface area contributed by atoms with E-state index in [-0.39, 0.29) is 6.04 Å². The van der Waals surface area contributed by atoms with E-state index < -0.39 is 0 Å². The molecule has 19 heavy (non-hydrogen) atoms. The molecule has 0 spiro atoms. The van der Waals surface area contributed by atoms with E-state index in [4.69, 9.17) is 10.5 Å². The lowest BCUT2D eigenvalue weighted by molar-refractivity contribution is 0.312. The van der Waals surface area contributed by atoms with Crippen LogP contribution >= 0.6 is 0 Å². The largest absolute Gasteiger partial charge is 0.493 e. The lowest BCUT2D eigenvalue weighted by Crippen LogP contribution is -2.11. The van der Waals surface area contributed by atoms with Gasteiger partial charge in [-0.25, -0.2) is 4.98 Å². The Kier molecular flexibility index (Phi) is 4.22. The van der Waals surface area contributed by atoms with E-state index in [1.165, 1.54) is 5.56 Å². The lowest BCUT2D eigenvalue weighted by Gasteiger charge is -2.14. The van der Waals surface area contributed by atoms with Crippen molar-refractivity contribution in [3.05, 3.63) is 47.5 Å². The molecule has 0 saturated carbocycles. The summed E-state index contributed by atoms with van der Waals surface area (Å²) in [5.74, 6) is 1.90. The highest BCUT2D eigenvalue weighted by Crippen LogP contribution is 2.25. The summed E-state index contributed by atoms with van der Waals surface area (Å²) in [4.78, 5) is 4.28. The number of nitrogens with zero attached hydrogens (tertiary/aromatic N) is 2. The Morgan fingerprint density at radius 1 is 1.42 bits per heavy atom. The highest BCUT2D eigenvalue weighted by molar-refractivity contribution is 5.38. The van der Waals surface area contributed by atoms with Crippen LogP contribution in [-0.4, -0.2) is 16.2 Å². The number of aromatic nitrogens is 2. The third-order valence-electron chi connectivity index (χ3n) is 3.16. The molecule has 1 aromatic carbocycles. The molecule has 0 saturated heterocycles. The number of benzene rings is 1. The van der Waals surface area contributed by atoms with Crippen LogP contribution in [0.5, 0.6) is 5.75 Å². The zero-order valence-electron chi connectivity index (χ0n) is 11.8. The summed E-state index contributed by atoms with van der Waals surface area (Å²) in [6, 6.07) is 6.11. The molecule has 2 N–H and O–H groups in total. The third kappa shape index (κ3) is 3.35. The maximum atomic E-state index is 5.96. The standard InChI is InChI=1S/C15H21N3O/c1-11-4-5-13(12(2)16)14(10-11)19-9-6-15-17-7-8-18(15)3/h4-5,7-8,10,12H,6,9,16H2,1-3H3. The monoisotopic (exact) mass is 259 g/mol. The third-order valence-corrected chi connectivity index (χ3v) is 3.16. The molecule has 2 rings (SSSR count). The highest BCUT2D eigenvalue weighted by Gasteiger charge is 2.09. The first-order chi connectivity index (χ1) is 9.08. The molecule has 4 heteroatoms. The van der Waals surface area contributed by atoms with Crippen molar-refractivity contribution in [1.82, 2.24) is 9.55 Å². The number of ether oxygens (including phenoxy) is 1. The van der Waals surface area contributed by atoms with Gasteiger partial charge >= 0.3 is 0 Å². The number of rotatable bonds is 5. The number of aryl methyl sites for hydroxylation is 2. The number of hydrogen-bond acceptors (Lipinski definition) is 3. The molecule has 0 bridgehead atoms. The molecule has 2 aromatic rings. The van der Waals surface area contributed by atoms with Crippen LogP contribution in [0.1, 0.15) is 29.9 Å². The van der Waals surface area contributed by atoms with Crippen LogP contribution < -0.4 is 10.5 Å². The van der Waals surface area contributed by atoms with E-state index in [0.717, 1.165) is 23.6 Å². The van der Waals surface area contributed by atoms with E-state index in [1.807, 2.05) is 36.9 Å². The van der Waals surface area contributed by atoms with Crippen LogP contribution in [0.4, 0.5) is 0 Å². The molecule has 0 radical (unpaired) electrons. The number of hydrogen-bond donors (Lipinski definition) is 1. The van der Waals surface area contributed by atoms with Gasteiger partial charge in [-0.2, -0.15) is 0 Å². The SMILES string of the molecule is Cc1ccc(C(C)N)c(OCCc2nccn2C)c1. The van der Waals surface area contributed by atoms with Gasteiger partial charge in [-0.15, -0.1) is 0 Å². The summed E-state index contributed by atoms with van der Waals surface area (Å²) < 4.78 is 7.88. The molecule has 0 amide bonds. The van der Waals surface area contributed by atoms with Crippen molar-refractivity contribution in [2.45, 2.75) is 26.3 Å². The van der Waals surface area contributed by atoms with Crippen LogP contribution in [0.3, 0.4) is 0 Å². The van der Waals surface area contributed by atoms with Crippen molar-refractivity contribution >= 4 is 0 Å². The minimum absolute atomic E-state index is 0.0243.